The van der Waals surface area contributed by atoms with Gasteiger partial charge in [-0.25, -0.2) is 9.37 Å². The SMILES string of the molecule is Cc1cn(-c2cc(C(F)(F)F)ccc2F)c(NC2CC2)n1. The Hall–Kier alpha value is -2.05. The lowest BCUT2D eigenvalue weighted by Crippen LogP contribution is -2.11. The molecule has 1 fully saturated rings. The van der Waals surface area contributed by atoms with Crippen molar-refractivity contribution in [3.8, 4) is 5.69 Å². The molecular weight excluding hydrogens is 286 g/mol. The van der Waals surface area contributed by atoms with Crippen molar-refractivity contribution in [2.24, 2.45) is 0 Å². The van der Waals surface area contributed by atoms with Gasteiger partial charge in [-0.15, -0.1) is 0 Å². The molecule has 1 saturated carbocycles. The second kappa shape index (κ2) is 4.75. The fourth-order valence-corrected chi connectivity index (χ4v) is 2.07. The minimum Gasteiger partial charge on any atom is -0.353 e. The van der Waals surface area contributed by atoms with Crippen molar-refractivity contribution in [3.05, 3.63) is 41.5 Å². The van der Waals surface area contributed by atoms with E-state index in [4.69, 9.17) is 0 Å². The van der Waals surface area contributed by atoms with E-state index < -0.39 is 17.6 Å². The Morgan fingerprint density at radius 3 is 2.62 bits per heavy atom. The van der Waals surface area contributed by atoms with Gasteiger partial charge in [-0.1, -0.05) is 0 Å². The highest BCUT2D eigenvalue weighted by molar-refractivity contribution is 5.47. The summed E-state index contributed by atoms with van der Waals surface area (Å²) in [6, 6.07) is 2.62. The second-order valence-electron chi connectivity index (χ2n) is 5.16. The summed E-state index contributed by atoms with van der Waals surface area (Å²) in [4.78, 5) is 4.20. The van der Waals surface area contributed by atoms with E-state index in [0.29, 0.717) is 11.6 Å². The number of aryl methyl sites for hydroxylation is 1. The predicted molar refractivity (Wildman–Crippen MR) is 69.9 cm³/mol. The highest BCUT2D eigenvalue weighted by atomic mass is 19.4. The van der Waals surface area contributed by atoms with E-state index >= 15 is 0 Å². The molecule has 1 heterocycles. The molecule has 0 amide bonds. The van der Waals surface area contributed by atoms with Gasteiger partial charge in [-0.2, -0.15) is 13.2 Å². The van der Waals surface area contributed by atoms with Gasteiger partial charge in [0.15, 0.2) is 0 Å². The van der Waals surface area contributed by atoms with Crippen LogP contribution in [-0.2, 0) is 6.18 Å². The zero-order chi connectivity index (χ0) is 15.2. The van der Waals surface area contributed by atoms with Crippen LogP contribution in [0.1, 0.15) is 24.1 Å². The third-order valence-electron chi connectivity index (χ3n) is 3.27. The number of aromatic nitrogens is 2. The normalized spacial score (nSPS) is 15.3. The molecule has 3 rings (SSSR count). The molecule has 1 N–H and O–H groups in total. The standard InChI is InChI=1S/C14H13F4N3/c1-8-7-21(13(19-8)20-10-3-4-10)12-6-9(14(16,17)18)2-5-11(12)15/h2,5-7,10H,3-4H2,1H3,(H,19,20). The molecule has 1 aliphatic rings. The highest BCUT2D eigenvalue weighted by Gasteiger charge is 2.32. The highest BCUT2D eigenvalue weighted by Crippen LogP contribution is 2.33. The van der Waals surface area contributed by atoms with Gasteiger partial charge in [0.25, 0.3) is 0 Å². The van der Waals surface area contributed by atoms with Crippen LogP contribution < -0.4 is 5.32 Å². The summed E-state index contributed by atoms with van der Waals surface area (Å²) >= 11 is 0. The maximum Gasteiger partial charge on any atom is 0.416 e. The molecule has 0 atom stereocenters. The van der Waals surface area contributed by atoms with E-state index in [1.54, 1.807) is 6.92 Å². The smallest absolute Gasteiger partial charge is 0.353 e. The van der Waals surface area contributed by atoms with E-state index in [1.165, 1.54) is 10.8 Å². The fraction of sp³-hybridized carbons (Fsp3) is 0.357. The minimum absolute atomic E-state index is 0.159. The predicted octanol–water partition coefficient (Wildman–Crippen LogP) is 3.91. The Morgan fingerprint density at radius 1 is 1.29 bits per heavy atom. The molecule has 21 heavy (non-hydrogen) atoms. The van der Waals surface area contributed by atoms with Crippen LogP contribution >= 0.6 is 0 Å². The van der Waals surface area contributed by atoms with E-state index in [1.807, 2.05) is 0 Å². The lowest BCUT2D eigenvalue weighted by Gasteiger charge is -2.13. The number of benzene rings is 1. The Kier molecular flexibility index (Phi) is 3.15. The molecule has 0 spiro atoms. The molecule has 112 valence electrons. The van der Waals surface area contributed by atoms with Crippen LogP contribution in [0.15, 0.2) is 24.4 Å². The molecular formula is C14H13F4N3. The topological polar surface area (TPSA) is 29.9 Å². The van der Waals surface area contributed by atoms with Gasteiger partial charge >= 0.3 is 6.18 Å². The van der Waals surface area contributed by atoms with Crippen LogP contribution in [0.25, 0.3) is 5.69 Å². The van der Waals surface area contributed by atoms with Gasteiger partial charge in [0.05, 0.1) is 16.9 Å². The summed E-state index contributed by atoms with van der Waals surface area (Å²) in [6.45, 7) is 1.71. The Balaban J connectivity index is 2.06. The first-order valence-corrected chi connectivity index (χ1v) is 6.54. The van der Waals surface area contributed by atoms with Crippen molar-refractivity contribution in [1.82, 2.24) is 9.55 Å². The molecule has 0 radical (unpaired) electrons. The fourth-order valence-electron chi connectivity index (χ4n) is 2.07. The molecule has 0 bridgehead atoms. The zero-order valence-electron chi connectivity index (χ0n) is 11.2. The Bertz CT molecular complexity index is 671. The number of alkyl halides is 3. The first kappa shape index (κ1) is 13.9. The van der Waals surface area contributed by atoms with Gasteiger partial charge in [0.2, 0.25) is 5.95 Å². The van der Waals surface area contributed by atoms with Crippen molar-refractivity contribution in [3.63, 3.8) is 0 Å². The van der Waals surface area contributed by atoms with E-state index in [2.05, 4.69) is 10.3 Å². The van der Waals surface area contributed by atoms with Crippen molar-refractivity contribution in [2.75, 3.05) is 5.32 Å². The van der Waals surface area contributed by atoms with E-state index in [9.17, 15) is 17.6 Å². The van der Waals surface area contributed by atoms with E-state index in [-0.39, 0.29) is 11.7 Å². The number of hydrogen-bond donors (Lipinski definition) is 1. The molecule has 0 saturated heterocycles. The maximum atomic E-state index is 13.9. The number of halogens is 4. The van der Waals surface area contributed by atoms with Gasteiger partial charge in [-0.05, 0) is 38.0 Å². The maximum absolute atomic E-state index is 13.9. The van der Waals surface area contributed by atoms with Crippen LogP contribution in [0.5, 0.6) is 0 Å². The van der Waals surface area contributed by atoms with E-state index in [0.717, 1.165) is 31.0 Å². The van der Waals surface area contributed by atoms with Crippen LogP contribution in [0.3, 0.4) is 0 Å². The van der Waals surface area contributed by atoms with Gasteiger partial charge in [-0.3, -0.25) is 4.57 Å². The number of imidazole rings is 1. The zero-order valence-corrected chi connectivity index (χ0v) is 11.2. The van der Waals surface area contributed by atoms with Crippen molar-refractivity contribution in [1.29, 1.82) is 0 Å². The van der Waals surface area contributed by atoms with Crippen molar-refractivity contribution < 1.29 is 17.6 Å². The number of anilines is 1. The average Bonchev–Trinajstić information content (AvgIpc) is 3.11. The molecule has 1 aromatic carbocycles. The van der Waals surface area contributed by atoms with Crippen molar-refractivity contribution >= 4 is 5.95 Å². The first-order chi connectivity index (χ1) is 9.84. The largest absolute Gasteiger partial charge is 0.416 e. The average molecular weight is 299 g/mol. The number of nitrogens with one attached hydrogen (secondary N) is 1. The minimum atomic E-state index is -4.51. The quantitative estimate of drug-likeness (QED) is 0.871. The summed E-state index contributed by atoms with van der Waals surface area (Å²) in [5.41, 5.74) is -0.439. The van der Waals surface area contributed by atoms with Crippen molar-refractivity contribution in [2.45, 2.75) is 32.0 Å². The summed E-state index contributed by atoms with van der Waals surface area (Å²) in [6.07, 6.45) is -1.03. The molecule has 7 heteroatoms. The van der Waals surface area contributed by atoms with Gasteiger partial charge in [0, 0.05) is 12.2 Å². The third kappa shape index (κ3) is 2.86. The molecule has 1 aromatic heterocycles. The Labute approximate surface area is 118 Å². The summed E-state index contributed by atoms with van der Waals surface area (Å²) in [5, 5.41) is 3.09. The van der Waals surface area contributed by atoms with Crippen LogP contribution in [0.2, 0.25) is 0 Å². The molecule has 0 unspecified atom stereocenters. The second-order valence-corrected chi connectivity index (χ2v) is 5.16. The lowest BCUT2D eigenvalue weighted by atomic mass is 10.2. The lowest BCUT2D eigenvalue weighted by molar-refractivity contribution is -0.137. The monoisotopic (exact) mass is 299 g/mol. The van der Waals surface area contributed by atoms with Crippen LogP contribution in [0.4, 0.5) is 23.5 Å². The summed E-state index contributed by atoms with van der Waals surface area (Å²) in [5.74, 6) is -0.354. The summed E-state index contributed by atoms with van der Waals surface area (Å²) in [7, 11) is 0. The Morgan fingerprint density at radius 2 is 2.00 bits per heavy atom. The van der Waals surface area contributed by atoms with Crippen LogP contribution in [-0.4, -0.2) is 15.6 Å². The summed E-state index contributed by atoms with van der Waals surface area (Å²) < 4.78 is 53.6. The third-order valence-corrected chi connectivity index (χ3v) is 3.27. The molecule has 1 aliphatic carbocycles. The molecule has 0 aliphatic heterocycles. The number of rotatable bonds is 3. The molecule has 3 nitrogen and oxygen atoms in total. The van der Waals surface area contributed by atoms with Gasteiger partial charge in [0.1, 0.15) is 5.82 Å². The van der Waals surface area contributed by atoms with Gasteiger partial charge < -0.3 is 5.32 Å². The van der Waals surface area contributed by atoms with Crippen LogP contribution in [0, 0.1) is 12.7 Å². The number of hydrogen-bond acceptors (Lipinski definition) is 2. The number of nitrogens with zero attached hydrogens (tertiary/aromatic N) is 2. The first-order valence-electron chi connectivity index (χ1n) is 6.54. The molecule has 2 aromatic rings.